The Kier molecular flexibility index (Phi) is 2.52. The van der Waals surface area contributed by atoms with E-state index in [1.165, 1.54) is 22.4 Å². The Balaban J connectivity index is 2.24. The minimum Gasteiger partial charge on any atom is -0.258 e. The number of aryl methyl sites for hydroxylation is 2. The summed E-state index contributed by atoms with van der Waals surface area (Å²) in [4.78, 5) is 4.65. The maximum atomic E-state index is 4.65. The summed E-state index contributed by atoms with van der Waals surface area (Å²) in [5.74, 6) is 0. The zero-order chi connectivity index (χ0) is 11.7. The van der Waals surface area contributed by atoms with Crippen molar-refractivity contribution in [3.63, 3.8) is 0 Å². The molecule has 17 heavy (non-hydrogen) atoms. The SMILES string of the molecule is Cc1cc(-c2ccccc2)c2c(n1)CCC=C2. The molecule has 0 bridgehead atoms. The van der Waals surface area contributed by atoms with Crippen LogP contribution < -0.4 is 0 Å². The summed E-state index contributed by atoms with van der Waals surface area (Å²) in [6.45, 7) is 2.07. The quantitative estimate of drug-likeness (QED) is 0.708. The highest BCUT2D eigenvalue weighted by Gasteiger charge is 2.12. The molecule has 1 nitrogen and oxygen atoms in total. The number of aromatic nitrogens is 1. The third-order valence-electron chi connectivity index (χ3n) is 3.18. The minimum absolute atomic E-state index is 1.06. The van der Waals surface area contributed by atoms with Crippen LogP contribution >= 0.6 is 0 Å². The Morgan fingerprint density at radius 1 is 1.12 bits per heavy atom. The number of allylic oxidation sites excluding steroid dienone is 1. The number of hydrogen-bond acceptors (Lipinski definition) is 1. The van der Waals surface area contributed by atoms with E-state index in [-0.39, 0.29) is 0 Å². The summed E-state index contributed by atoms with van der Waals surface area (Å²) in [5.41, 5.74) is 6.24. The third-order valence-corrected chi connectivity index (χ3v) is 3.18. The van der Waals surface area contributed by atoms with Crippen LogP contribution in [0.25, 0.3) is 17.2 Å². The van der Waals surface area contributed by atoms with E-state index in [1.54, 1.807) is 0 Å². The van der Waals surface area contributed by atoms with Gasteiger partial charge in [0.05, 0.1) is 0 Å². The largest absolute Gasteiger partial charge is 0.258 e. The highest BCUT2D eigenvalue weighted by atomic mass is 14.7. The molecule has 1 heteroatoms. The summed E-state index contributed by atoms with van der Waals surface area (Å²) in [6.07, 6.45) is 6.63. The molecule has 0 saturated heterocycles. The number of fused-ring (bicyclic) bond motifs is 1. The van der Waals surface area contributed by atoms with E-state index >= 15 is 0 Å². The number of rotatable bonds is 1. The smallest absolute Gasteiger partial charge is 0.0488 e. The molecule has 84 valence electrons. The second-order valence-corrected chi connectivity index (χ2v) is 4.48. The molecule has 0 amide bonds. The van der Waals surface area contributed by atoms with Crippen LogP contribution in [0.3, 0.4) is 0 Å². The van der Waals surface area contributed by atoms with Crippen LogP contribution in [-0.2, 0) is 6.42 Å². The molecule has 0 N–H and O–H groups in total. The predicted molar refractivity (Wildman–Crippen MR) is 71.8 cm³/mol. The molecule has 2 aromatic rings. The van der Waals surface area contributed by atoms with Gasteiger partial charge in [-0.05, 0) is 37.0 Å². The van der Waals surface area contributed by atoms with Crippen molar-refractivity contribution in [2.75, 3.05) is 0 Å². The monoisotopic (exact) mass is 221 g/mol. The van der Waals surface area contributed by atoms with Crippen molar-refractivity contribution in [1.82, 2.24) is 4.98 Å². The van der Waals surface area contributed by atoms with Gasteiger partial charge in [-0.1, -0.05) is 42.5 Å². The van der Waals surface area contributed by atoms with Gasteiger partial charge in [0.1, 0.15) is 0 Å². The van der Waals surface area contributed by atoms with Crippen LogP contribution in [0.4, 0.5) is 0 Å². The second kappa shape index (κ2) is 4.17. The van der Waals surface area contributed by atoms with Crippen molar-refractivity contribution in [3.8, 4) is 11.1 Å². The van der Waals surface area contributed by atoms with Crippen LogP contribution in [0.2, 0.25) is 0 Å². The van der Waals surface area contributed by atoms with E-state index in [1.807, 2.05) is 0 Å². The van der Waals surface area contributed by atoms with E-state index in [4.69, 9.17) is 0 Å². The number of nitrogens with zero attached hydrogens (tertiary/aromatic N) is 1. The van der Waals surface area contributed by atoms with Gasteiger partial charge in [-0.3, -0.25) is 4.98 Å². The van der Waals surface area contributed by atoms with Gasteiger partial charge in [0.2, 0.25) is 0 Å². The maximum absolute atomic E-state index is 4.65. The van der Waals surface area contributed by atoms with E-state index in [0.29, 0.717) is 0 Å². The predicted octanol–water partition coefficient (Wildman–Crippen LogP) is 4.02. The van der Waals surface area contributed by atoms with Crippen molar-refractivity contribution in [3.05, 3.63) is 59.4 Å². The van der Waals surface area contributed by atoms with E-state index in [9.17, 15) is 0 Å². The molecule has 0 unspecified atom stereocenters. The molecule has 1 aliphatic carbocycles. The molecule has 0 fully saturated rings. The fraction of sp³-hybridized carbons (Fsp3) is 0.188. The second-order valence-electron chi connectivity index (χ2n) is 4.48. The molecule has 1 aliphatic rings. The molecule has 0 saturated carbocycles. The molecule has 0 radical (unpaired) electrons. The lowest BCUT2D eigenvalue weighted by Crippen LogP contribution is -2.02. The zero-order valence-corrected chi connectivity index (χ0v) is 9.98. The van der Waals surface area contributed by atoms with Crippen LogP contribution in [0, 0.1) is 6.92 Å². The average Bonchev–Trinajstić information content (AvgIpc) is 2.39. The first-order valence-corrected chi connectivity index (χ1v) is 6.07. The van der Waals surface area contributed by atoms with Gasteiger partial charge >= 0.3 is 0 Å². The van der Waals surface area contributed by atoms with Gasteiger partial charge in [0, 0.05) is 17.0 Å². The summed E-state index contributed by atoms with van der Waals surface area (Å²) < 4.78 is 0. The average molecular weight is 221 g/mol. The summed E-state index contributed by atoms with van der Waals surface area (Å²) in [6, 6.07) is 12.7. The number of benzene rings is 1. The van der Waals surface area contributed by atoms with Crippen LogP contribution in [0.15, 0.2) is 42.5 Å². The van der Waals surface area contributed by atoms with Crippen molar-refractivity contribution >= 4 is 6.08 Å². The van der Waals surface area contributed by atoms with E-state index < -0.39 is 0 Å². The Bertz CT molecular complexity index is 568. The fourth-order valence-electron chi connectivity index (χ4n) is 2.40. The van der Waals surface area contributed by atoms with Crippen molar-refractivity contribution in [1.29, 1.82) is 0 Å². The molecule has 1 aromatic carbocycles. The molecule has 0 spiro atoms. The first-order chi connectivity index (χ1) is 8.34. The Hall–Kier alpha value is -1.89. The van der Waals surface area contributed by atoms with Crippen molar-refractivity contribution < 1.29 is 0 Å². The lowest BCUT2D eigenvalue weighted by Gasteiger charge is -2.15. The topological polar surface area (TPSA) is 12.9 Å². The fourth-order valence-corrected chi connectivity index (χ4v) is 2.40. The summed E-state index contributed by atoms with van der Waals surface area (Å²) in [5, 5.41) is 0. The van der Waals surface area contributed by atoms with Crippen LogP contribution in [0.1, 0.15) is 23.4 Å². The molecule has 0 atom stereocenters. The van der Waals surface area contributed by atoms with Gasteiger partial charge in [0.15, 0.2) is 0 Å². The summed E-state index contributed by atoms with van der Waals surface area (Å²) >= 11 is 0. The first-order valence-electron chi connectivity index (χ1n) is 6.07. The Morgan fingerprint density at radius 3 is 2.76 bits per heavy atom. The third kappa shape index (κ3) is 1.89. The molecule has 1 heterocycles. The van der Waals surface area contributed by atoms with Gasteiger partial charge in [-0.2, -0.15) is 0 Å². The Labute approximate surface area is 102 Å². The van der Waals surface area contributed by atoms with Crippen LogP contribution in [0.5, 0.6) is 0 Å². The summed E-state index contributed by atoms with van der Waals surface area (Å²) in [7, 11) is 0. The molecular formula is C16H15N. The molecule has 1 aromatic heterocycles. The lowest BCUT2D eigenvalue weighted by molar-refractivity contribution is 0.915. The van der Waals surface area contributed by atoms with Gasteiger partial charge in [-0.25, -0.2) is 0 Å². The minimum atomic E-state index is 1.06. The number of pyridine rings is 1. The first kappa shape index (κ1) is 10.3. The van der Waals surface area contributed by atoms with Gasteiger partial charge < -0.3 is 0 Å². The van der Waals surface area contributed by atoms with E-state index in [2.05, 4.69) is 60.5 Å². The normalized spacial score (nSPS) is 13.5. The highest BCUT2D eigenvalue weighted by Crippen LogP contribution is 2.30. The standard InChI is InChI=1S/C16H15N/c1-12-11-15(13-7-3-2-4-8-13)14-9-5-6-10-16(14)17-12/h2-5,7-9,11H,6,10H2,1H3. The molecule has 0 aliphatic heterocycles. The van der Waals surface area contributed by atoms with E-state index in [0.717, 1.165) is 18.5 Å². The number of hydrogen-bond donors (Lipinski definition) is 0. The molecule has 3 rings (SSSR count). The maximum Gasteiger partial charge on any atom is 0.0488 e. The highest BCUT2D eigenvalue weighted by molar-refractivity contribution is 5.77. The van der Waals surface area contributed by atoms with Crippen molar-refractivity contribution in [2.45, 2.75) is 19.8 Å². The van der Waals surface area contributed by atoms with Crippen LogP contribution in [-0.4, -0.2) is 4.98 Å². The Morgan fingerprint density at radius 2 is 1.94 bits per heavy atom. The lowest BCUT2D eigenvalue weighted by atomic mass is 9.93. The van der Waals surface area contributed by atoms with Gasteiger partial charge in [0.25, 0.3) is 0 Å². The van der Waals surface area contributed by atoms with Gasteiger partial charge in [-0.15, -0.1) is 0 Å². The molecular weight excluding hydrogens is 206 g/mol. The zero-order valence-electron chi connectivity index (χ0n) is 9.98. The van der Waals surface area contributed by atoms with Crippen molar-refractivity contribution in [2.24, 2.45) is 0 Å².